The second-order valence-corrected chi connectivity index (χ2v) is 3.90. The molecule has 1 atom stereocenters. The molecule has 0 fully saturated rings. The molecule has 3 N–H and O–H groups in total. The summed E-state index contributed by atoms with van der Waals surface area (Å²) < 4.78 is 0.874. The highest BCUT2D eigenvalue weighted by atomic mass is 16.7. The summed E-state index contributed by atoms with van der Waals surface area (Å²) in [6.07, 6.45) is 1.37. The smallest absolute Gasteiger partial charge is 0.320 e. The average molecular weight is 249 g/mol. The second kappa shape index (κ2) is 4.46. The molecule has 0 saturated heterocycles. The Bertz CT molecular complexity index is 620. The van der Waals surface area contributed by atoms with Crippen molar-refractivity contribution >= 4 is 16.9 Å². The molecule has 0 aliphatic rings. The van der Waals surface area contributed by atoms with Crippen molar-refractivity contribution in [3.63, 3.8) is 0 Å². The van der Waals surface area contributed by atoms with Crippen LogP contribution in [0.4, 0.5) is 0 Å². The molecule has 7 nitrogen and oxygen atoms in total. The van der Waals surface area contributed by atoms with Gasteiger partial charge in [-0.05, 0) is 11.6 Å². The van der Waals surface area contributed by atoms with Crippen LogP contribution < -0.4 is 5.73 Å². The third-order valence-electron chi connectivity index (χ3n) is 2.71. The number of aliphatic carboxylic acids is 1. The number of hydrogen-bond donors (Lipinski definition) is 2. The molecule has 18 heavy (non-hydrogen) atoms. The third kappa shape index (κ3) is 2.03. The number of hydrogen-bond acceptors (Lipinski definition) is 4. The second-order valence-electron chi connectivity index (χ2n) is 3.90. The van der Waals surface area contributed by atoms with Crippen LogP contribution in [0.25, 0.3) is 10.9 Å². The topological polar surface area (TPSA) is 111 Å². The molecule has 0 spiro atoms. The van der Waals surface area contributed by atoms with Gasteiger partial charge in [-0.3, -0.25) is 4.79 Å². The van der Waals surface area contributed by atoms with Gasteiger partial charge >= 0.3 is 5.97 Å². The largest absolute Gasteiger partial charge is 0.480 e. The zero-order valence-corrected chi connectivity index (χ0v) is 9.31. The zero-order valence-electron chi connectivity index (χ0n) is 9.31. The zero-order chi connectivity index (χ0) is 13.3. The maximum absolute atomic E-state index is 10.9. The number of aromatic nitrogens is 1. The Kier molecular flexibility index (Phi) is 2.99. The van der Waals surface area contributed by atoms with Crippen LogP contribution in [0.2, 0.25) is 0 Å². The van der Waals surface area contributed by atoms with Gasteiger partial charge in [0.25, 0.3) is 0 Å². The Morgan fingerprint density at radius 1 is 1.50 bits per heavy atom. The number of carbonyl (C=O) groups is 1. The Morgan fingerprint density at radius 3 is 2.78 bits per heavy atom. The Morgan fingerprint density at radius 2 is 2.17 bits per heavy atom. The molecule has 0 amide bonds. The highest BCUT2D eigenvalue weighted by molar-refractivity contribution is 5.84. The van der Waals surface area contributed by atoms with Gasteiger partial charge in [0, 0.05) is 11.8 Å². The van der Waals surface area contributed by atoms with E-state index in [2.05, 4.69) is 0 Å². The van der Waals surface area contributed by atoms with Crippen molar-refractivity contribution < 1.29 is 14.9 Å². The summed E-state index contributed by atoms with van der Waals surface area (Å²) in [6.45, 7) is 0. The number of fused-ring (bicyclic) bond motifs is 1. The monoisotopic (exact) mass is 249 g/mol. The van der Waals surface area contributed by atoms with Gasteiger partial charge in [0.15, 0.2) is 5.03 Å². The fourth-order valence-corrected chi connectivity index (χ4v) is 1.85. The lowest BCUT2D eigenvalue weighted by atomic mass is 10.1. The number of nitro groups is 1. The van der Waals surface area contributed by atoms with Crippen molar-refractivity contribution in [2.45, 2.75) is 12.5 Å². The van der Waals surface area contributed by atoms with Crippen molar-refractivity contribution in [2.24, 2.45) is 5.73 Å². The summed E-state index contributed by atoms with van der Waals surface area (Å²) in [5.41, 5.74) is 6.43. The summed E-state index contributed by atoms with van der Waals surface area (Å²) in [4.78, 5) is 21.6. The number of nitrogens with two attached hydrogens (primary N) is 1. The molecule has 0 saturated carbocycles. The van der Waals surface area contributed by atoms with Crippen LogP contribution in [0.3, 0.4) is 0 Å². The first-order valence-corrected chi connectivity index (χ1v) is 5.22. The first-order chi connectivity index (χ1) is 8.50. The maximum atomic E-state index is 10.9. The molecule has 0 aliphatic carbocycles. The van der Waals surface area contributed by atoms with Crippen LogP contribution in [0, 0.1) is 10.1 Å². The highest BCUT2D eigenvalue weighted by Gasteiger charge is 2.19. The van der Waals surface area contributed by atoms with Crippen LogP contribution in [0.1, 0.15) is 5.56 Å². The van der Waals surface area contributed by atoms with Crippen molar-refractivity contribution in [3.05, 3.63) is 46.1 Å². The molecule has 2 rings (SSSR count). The minimum Gasteiger partial charge on any atom is -0.480 e. The van der Waals surface area contributed by atoms with E-state index < -0.39 is 17.0 Å². The van der Waals surface area contributed by atoms with Crippen molar-refractivity contribution in [2.75, 3.05) is 0 Å². The third-order valence-corrected chi connectivity index (χ3v) is 2.71. The Hall–Kier alpha value is -2.41. The lowest BCUT2D eigenvalue weighted by Gasteiger charge is -2.03. The van der Waals surface area contributed by atoms with E-state index in [9.17, 15) is 14.9 Å². The van der Waals surface area contributed by atoms with Gasteiger partial charge in [0.05, 0.1) is 6.20 Å². The molecule has 1 heterocycles. The molecule has 2 aromatic rings. The lowest BCUT2D eigenvalue weighted by Crippen LogP contribution is -2.32. The molecule has 0 bridgehead atoms. The lowest BCUT2D eigenvalue weighted by molar-refractivity contribution is -0.537. The summed E-state index contributed by atoms with van der Waals surface area (Å²) >= 11 is 0. The van der Waals surface area contributed by atoms with Gasteiger partial charge < -0.3 is 10.8 Å². The predicted octanol–water partition coefficient (Wildman–Crippen LogP) is 0.636. The number of para-hydroxylation sites is 1. The molecule has 94 valence electrons. The number of nitrogens with zero attached hydrogens (tertiary/aromatic N) is 2. The van der Waals surface area contributed by atoms with E-state index in [-0.39, 0.29) is 6.42 Å². The van der Waals surface area contributed by atoms with Crippen LogP contribution in [0.5, 0.6) is 0 Å². The predicted molar refractivity (Wildman–Crippen MR) is 63.6 cm³/mol. The quantitative estimate of drug-likeness (QED) is 0.609. The van der Waals surface area contributed by atoms with Crippen molar-refractivity contribution in [1.29, 1.82) is 0 Å². The fraction of sp³-hybridized carbons (Fsp3) is 0.182. The average Bonchev–Trinajstić information content (AvgIpc) is 2.68. The normalized spacial score (nSPS) is 12.5. The molecule has 0 unspecified atom stereocenters. The van der Waals surface area contributed by atoms with E-state index in [0.717, 1.165) is 4.68 Å². The minimum absolute atomic E-state index is 0.0523. The van der Waals surface area contributed by atoms with E-state index >= 15 is 0 Å². The molecular weight excluding hydrogens is 238 g/mol. The molecule has 1 aromatic carbocycles. The van der Waals surface area contributed by atoms with E-state index in [0.29, 0.717) is 16.5 Å². The van der Waals surface area contributed by atoms with Gasteiger partial charge in [-0.1, -0.05) is 22.9 Å². The summed E-state index contributed by atoms with van der Waals surface area (Å²) in [5.74, 6) is -1.13. The van der Waals surface area contributed by atoms with Crippen LogP contribution in [-0.4, -0.2) is 26.8 Å². The first-order valence-electron chi connectivity index (χ1n) is 5.22. The van der Waals surface area contributed by atoms with Gasteiger partial charge in [0.2, 0.25) is 0 Å². The van der Waals surface area contributed by atoms with Crippen LogP contribution >= 0.6 is 0 Å². The molecule has 0 aliphatic heterocycles. The number of benzene rings is 1. The van der Waals surface area contributed by atoms with Gasteiger partial charge in [0.1, 0.15) is 11.6 Å². The van der Waals surface area contributed by atoms with Crippen molar-refractivity contribution in [3.8, 4) is 0 Å². The minimum atomic E-state index is -1.13. The van der Waals surface area contributed by atoms with Gasteiger partial charge in [-0.25, -0.2) is 10.1 Å². The van der Waals surface area contributed by atoms with Crippen molar-refractivity contribution in [1.82, 2.24) is 4.68 Å². The summed E-state index contributed by atoms with van der Waals surface area (Å²) in [6, 6.07) is 5.66. The van der Waals surface area contributed by atoms with Gasteiger partial charge in [-0.2, -0.15) is 0 Å². The SMILES string of the molecule is N[C@@H](Cc1cn([N+](=O)[O-])c2ccccc12)C(=O)O. The Balaban J connectivity index is 2.51. The highest BCUT2D eigenvalue weighted by Crippen LogP contribution is 2.22. The van der Waals surface area contributed by atoms with E-state index in [1.807, 2.05) is 0 Å². The van der Waals surface area contributed by atoms with Gasteiger partial charge in [-0.15, -0.1) is 0 Å². The number of carboxylic acids is 1. The molecule has 1 aromatic heterocycles. The van der Waals surface area contributed by atoms with Crippen LogP contribution in [-0.2, 0) is 11.2 Å². The van der Waals surface area contributed by atoms with E-state index in [1.54, 1.807) is 24.3 Å². The molecule has 0 radical (unpaired) electrons. The fourth-order valence-electron chi connectivity index (χ4n) is 1.85. The molecular formula is C11H11N3O4. The standard InChI is InChI=1S/C11H11N3O4/c12-9(11(15)16)5-7-6-13(14(17)18)10-4-2-1-3-8(7)10/h1-4,6,9H,5,12H2,(H,15,16)/t9-/m0/s1. The number of carboxylic acid groups (broad SMARTS) is 1. The maximum Gasteiger partial charge on any atom is 0.320 e. The summed E-state index contributed by atoms with van der Waals surface area (Å²) in [7, 11) is 0. The summed E-state index contributed by atoms with van der Waals surface area (Å²) in [5, 5.41) is 19.7. The molecule has 7 heteroatoms. The number of rotatable bonds is 4. The van der Waals surface area contributed by atoms with Crippen LogP contribution in [0.15, 0.2) is 30.5 Å². The van der Waals surface area contributed by atoms with E-state index in [4.69, 9.17) is 10.8 Å². The Labute approximate surface area is 102 Å². The first kappa shape index (κ1) is 12.1. The van der Waals surface area contributed by atoms with E-state index in [1.165, 1.54) is 6.20 Å².